The van der Waals surface area contributed by atoms with Crippen LogP contribution >= 0.6 is 0 Å². The molecule has 1 aromatic rings. The van der Waals surface area contributed by atoms with Crippen molar-refractivity contribution in [3.63, 3.8) is 0 Å². The fourth-order valence-electron chi connectivity index (χ4n) is 1.29. The highest BCUT2D eigenvalue weighted by Crippen LogP contribution is 2.12. The Balaban J connectivity index is 3.01. The fraction of sp³-hybridized carbons (Fsp3) is 0.231. The number of aryl methyl sites for hydroxylation is 1. The van der Waals surface area contributed by atoms with Crippen molar-refractivity contribution in [2.45, 2.75) is 6.92 Å². The number of benzene rings is 1. The van der Waals surface area contributed by atoms with Gasteiger partial charge in [0.25, 0.3) is 0 Å². The second-order valence-electron chi connectivity index (χ2n) is 3.41. The summed E-state index contributed by atoms with van der Waals surface area (Å²) in [6, 6.07) is 5.83. The maximum absolute atomic E-state index is 11.0. The minimum atomic E-state index is -0.389. The Morgan fingerprint density at radius 3 is 2.71 bits per heavy atom. The zero-order chi connectivity index (χ0) is 12.7. The molecule has 0 saturated carbocycles. The van der Waals surface area contributed by atoms with Gasteiger partial charge in [0, 0.05) is 11.6 Å². The van der Waals surface area contributed by atoms with Crippen LogP contribution in [0.1, 0.15) is 16.7 Å². The SMILES string of the molecule is CO/N=C/c1cc(C)ccc1/C=C/C(=O)OC. The summed E-state index contributed by atoms with van der Waals surface area (Å²) in [4.78, 5) is 15.7. The quantitative estimate of drug-likeness (QED) is 0.346. The molecule has 0 aromatic heterocycles. The highest BCUT2D eigenvalue weighted by atomic mass is 16.6. The predicted molar refractivity (Wildman–Crippen MR) is 66.8 cm³/mol. The third-order valence-electron chi connectivity index (χ3n) is 2.14. The molecule has 0 N–H and O–H groups in total. The summed E-state index contributed by atoms with van der Waals surface area (Å²) in [5.74, 6) is -0.389. The van der Waals surface area contributed by atoms with Gasteiger partial charge in [-0.2, -0.15) is 0 Å². The predicted octanol–water partition coefficient (Wildman–Crippen LogP) is 2.16. The molecule has 90 valence electrons. The first-order valence-electron chi connectivity index (χ1n) is 5.10. The molecule has 4 nitrogen and oxygen atoms in total. The van der Waals surface area contributed by atoms with Gasteiger partial charge in [-0.05, 0) is 24.6 Å². The lowest BCUT2D eigenvalue weighted by Gasteiger charge is -2.02. The topological polar surface area (TPSA) is 47.9 Å². The van der Waals surface area contributed by atoms with Crippen LogP contribution in [0, 0.1) is 6.92 Å². The number of ether oxygens (including phenoxy) is 1. The molecule has 4 heteroatoms. The second-order valence-corrected chi connectivity index (χ2v) is 3.41. The molecule has 0 atom stereocenters. The average molecular weight is 233 g/mol. The van der Waals surface area contributed by atoms with Gasteiger partial charge in [0.1, 0.15) is 7.11 Å². The Morgan fingerprint density at radius 1 is 1.29 bits per heavy atom. The molecule has 1 aromatic carbocycles. The standard InChI is InChI=1S/C13H15NO3/c1-10-4-5-11(6-7-13(15)16-2)12(8-10)9-14-17-3/h4-9H,1-3H3/b7-6+,14-9+. The fourth-order valence-corrected chi connectivity index (χ4v) is 1.29. The number of methoxy groups -OCH3 is 1. The molecule has 0 spiro atoms. The van der Waals surface area contributed by atoms with E-state index in [2.05, 4.69) is 14.7 Å². The van der Waals surface area contributed by atoms with Gasteiger partial charge in [0.2, 0.25) is 0 Å². The van der Waals surface area contributed by atoms with E-state index in [4.69, 9.17) is 0 Å². The van der Waals surface area contributed by atoms with Gasteiger partial charge < -0.3 is 9.57 Å². The first-order chi connectivity index (χ1) is 8.17. The number of hydrogen-bond donors (Lipinski definition) is 0. The van der Waals surface area contributed by atoms with Crippen LogP contribution < -0.4 is 0 Å². The van der Waals surface area contributed by atoms with Crippen LogP contribution in [0.15, 0.2) is 29.4 Å². The van der Waals surface area contributed by atoms with Crippen molar-refractivity contribution in [2.24, 2.45) is 5.16 Å². The molecule has 0 aliphatic heterocycles. The minimum Gasteiger partial charge on any atom is -0.466 e. The summed E-state index contributed by atoms with van der Waals surface area (Å²) in [5, 5.41) is 3.72. The molecule has 1 rings (SSSR count). The third-order valence-corrected chi connectivity index (χ3v) is 2.14. The number of nitrogens with zero attached hydrogens (tertiary/aromatic N) is 1. The molecule has 0 aliphatic carbocycles. The minimum absolute atomic E-state index is 0.389. The molecule has 0 unspecified atom stereocenters. The largest absolute Gasteiger partial charge is 0.466 e. The van der Waals surface area contributed by atoms with Gasteiger partial charge in [0.15, 0.2) is 0 Å². The van der Waals surface area contributed by atoms with E-state index in [0.717, 1.165) is 16.7 Å². The molecular weight excluding hydrogens is 218 g/mol. The second kappa shape index (κ2) is 6.48. The van der Waals surface area contributed by atoms with E-state index in [0.29, 0.717) is 0 Å². The van der Waals surface area contributed by atoms with Crippen LogP contribution in [0.3, 0.4) is 0 Å². The van der Waals surface area contributed by atoms with E-state index in [1.54, 1.807) is 12.3 Å². The maximum Gasteiger partial charge on any atom is 0.330 e. The van der Waals surface area contributed by atoms with Crippen molar-refractivity contribution in [2.75, 3.05) is 14.2 Å². The normalized spacial score (nSPS) is 11.0. The van der Waals surface area contributed by atoms with Crippen molar-refractivity contribution in [3.05, 3.63) is 41.0 Å². The van der Waals surface area contributed by atoms with Gasteiger partial charge in [-0.1, -0.05) is 22.9 Å². The molecule has 0 bridgehead atoms. The highest BCUT2D eigenvalue weighted by Gasteiger charge is 1.99. The smallest absolute Gasteiger partial charge is 0.330 e. The van der Waals surface area contributed by atoms with Crippen molar-refractivity contribution in [1.29, 1.82) is 0 Å². The number of oxime groups is 1. The summed E-state index contributed by atoms with van der Waals surface area (Å²) >= 11 is 0. The van der Waals surface area contributed by atoms with E-state index in [1.165, 1.54) is 20.3 Å². The first-order valence-corrected chi connectivity index (χ1v) is 5.10. The van der Waals surface area contributed by atoms with Gasteiger partial charge in [-0.3, -0.25) is 0 Å². The van der Waals surface area contributed by atoms with Crippen LogP contribution in [-0.4, -0.2) is 26.4 Å². The molecule has 0 saturated heterocycles. The lowest BCUT2D eigenvalue weighted by Crippen LogP contribution is -1.94. The van der Waals surface area contributed by atoms with Crippen molar-refractivity contribution in [3.8, 4) is 0 Å². The summed E-state index contributed by atoms with van der Waals surface area (Å²) in [6.45, 7) is 1.98. The van der Waals surface area contributed by atoms with E-state index in [9.17, 15) is 4.79 Å². The number of esters is 1. The third kappa shape index (κ3) is 4.10. The van der Waals surface area contributed by atoms with Crippen LogP contribution in [0.5, 0.6) is 0 Å². The number of rotatable bonds is 4. The van der Waals surface area contributed by atoms with Crippen LogP contribution in [0.4, 0.5) is 0 Å². The Kier molecular flexibility index (Phi) is 4.94. The Bertz CT molecular complexity index is 450. The van der Waals surface area contributed by atoms with Gasteiger partial charge in [-0.25, -0.2) is 4.79 Å². The summed E-state index contributed by atoms with van der Waals surface area (Å²) < 4.78 is 4.53. The van der Waals surface area contributed by atoms with Crippen LogP contribution in [-0.2, 0) is 14.4 Å². The zero-order valence-corrected chi connectivity index (χ0v) is 10.1. The molecule has 0 radical (unpaired) electrons. The average Bonchev–Trinajstić information content (AvgIpc) is 2.34. The summed E-state index contributed by atoms with van der Waals surface area (Å²) in [5.41, 5.74) is 2.87. The van der Waals surface area contributed by atoms with Gasteiger partial charge in [-0.15, -0.1) is 0 Å². The van der Waals surface area contributed by atoms with E-state index >= 15 is 0 Å². The van der Waals surface area contributed by atoms with E-state index in [-0.39, 0.29) is 5.97 Å². The number of carbonyl (C=O) groups excluding carboxylic acids is 1. The molecule has 0 amide bonds. The maximum atomic E-state index is 11.0. The lowest BCUT2D eigenvalue weighted by atomic mass is 10.0. The molecule has 17 heavy (non-hydrogen) atoms. The number of carbonyl (C=O) groups is 1. The molecular formula is C13H15NO3. The summed E-state index contributed by atoms with van der Waals surface area (Å²) in [6.07, 6.45) is 4.65. The summed E-state index contributed by atoms with van der Waals surface area (Å²) in [7, 11) is 2.82. The number of hydrogen-bond acceptors (Lipinski definition) is 4. The Hall–Kier alpha value is -2.10. The van der Waals surface area contributed by atoms with E-state index in [1.807, 2.05) is 25.1 Å². The Morgan fingerprint density at radius 2 is 2.06 bits per heavy atom. The van der Waals surface area contributed by atoms with Crippen LogP contribution in [0.2, 0.25) is 0 Å². The van der Waals surface area contributed by atoms with Gasteiger partial charge in [0.05, 0.1) is 13.3 Å². The lowest BCUT2D eigenvalue weighted by molar-refractivity contribution is -0.134. The zero-order valence-electron chi connectivity index (χ0n) is 10.1. The molecule has 0 aliphatic rings. The van der Waals surface area contributed by atoms with E-state index < -0.39 is 0 Å². The van der Waals surface area contributed by atoms with Crippen LogP contribution in [0.25, 0.3) is 6.08 Å². The van der Waals surface area contributed by atoms with Gasteiger partial charge >= 0.3 is 5.97 Å². The molecule has 0 fully saturated rings. The van der Waals surface area contributed by atoms with Crippen molar-refractivity contribution in [1.82, 2.24) is 0 Å². The Labute approximate surface area is 101 Å². The monoisotopic (exact) mass is 233 g/mol. The molecule has 0 heterocycles. The van der Waals surface area contributed by atoms with Crippen molar-refractivity contribution < 1.29 is 14.4 Å². The highest BCUT2D eigenvalue weighted by molar-refractivity contribution is 5.91. The first kappa shape index (κ1) is 13.0. The van der Waals surface area contributed by atoms with Crippen molar-refractivity contribution >= 4 is 18.3 Å².